The van der Waals surface area contributed by atoms with Crippen molar-refractivity contribution in [2.24, 2.45) is 17.8 Å². The summed E-state index contributed by atoms with van der Waals surface area (Å²) in [5.74, 6) is 0.121. The Balaban J connectivity index is 1.90. The molecule has 1 aliphatic rings. The number of nitrogens with zero attached hydrogens (tertiary/aromatic N) is 1. The predicted octanol–water partition coefficient (Wildman–Crippen LogP) is 4.42. The number of benzene rings is 1. The Morgan fingerprint density at radius 1 is 1.07 bits per heavy atom. The molecule has 1 heterocycles. The molecule has 10 nitrogen and oxygen atoms in total. The zero-order chi connectivity index (χ0) is 30.6. The number of nitrogen functional groups attached to an aromatic ring is 1. The first-order valence-electron chi connectivity index (χ1n) is 14.8. The van der Waals surface area contributed by atoms with E-state index in [2.05, 4.69) is 4.98 Å². The van der Waals surface area contributed by atoms with Gasteiger partial charge in [-0.1, -0.05) is 12.8 Å². The second kappa shape index (κ2) is 16.3. The highest BCUT2D eigenvalue weighted by Gasteiger charge is 2.34. The number of pyridine rings is 1. The number of phenolic OH excluding ortho intramolecular Hbond substituents is 1. The highest BCUT2D eigenvalue weighted by Crippen LogP contribution is 2.38. The first-order valence-corrected chi connectivity index (χ1v) is 14.8. The summed E-state index contributed by atoms with van der Waals surface area (Å²) >= 11 is 0. The minimum atomic E-state index is -0.559. The van der Waals surface area contributed by atoms with Crippen molar-refractivity contribution in [1.82, 2.24) is 4.98 Å². The topological polar surface area (TPSA) is 161 Å². The molecule has 0 amide bonds. The molecule has 1 aromatic carbocycles. The van der Waals surface area contributed by atoms with Gasteiger partial charge in [0.1, 0.15) is 18.0 Å². The number of aromatic hydroxyl groups is 1. The molecule has 5 atom stereocenters. The Hall–Kier alpha value is -3.37. The molecule has 0 spiro atoms. The lowest BCUT2D eigenvalue weighted by Crippen LogP contribution is -2.36. The number of rotatable bonds is 13. The average molecular weight is 587 g/mol. The third-order valence-corrected chi connectivity index (χ3v) is 8.20. The number of phenols is 1. The van der Waals surface area contributed by atoms with Gasteiger partial charge in [-0.15, -0.1) is 0 Å². The van der Waals surface area contributed by atoms with Crippen LogP contribution in [0.1, 0.15) is 70.8 Å². The molecule has 5 N–H and O–H groups in total. The van der Waals surface area contributed by atoms with Crippen LogP contribution in [0.2, 0.25) is 0 Å². The van der Waals surface area contributed by atoms with Crippen LogP contribution in [0.3, 0.4) is 0 Å². The van der Waals surface area contributed by atoms with E-state index in [1.165, 1.54) is 21.0 Å². The summed E-state index contributed by atoms with van der Waals surface area (Å²) in [6.07, 6.45) is 6.63. The van der Waals surface area contributed by atoms with Crippen molar-refractivity contribution in [3.8, 4) is 22.6 Å². The number of aromatic nitrogens is 1. The number of nitrogens with two attached hydrogens (primary N) is 1. The molecule has 5 unspecified atom stereocenters. The van der Waals surface area contributed by atoms with E-state index >= 15 is 0 Å². The normalized spacial score (nSPS) is 20.5. The van der Waals surface area contributed by atoms with E-state index in [-0.39, 0.29) is 36.7 Å². The summed E-state index contributed by atoms with van der Waals surface area (Å²) < 4.78 is 17.0. The van der Waals surface area contributed by atoms with Gasteiger partial charge in [-0.3, -0.25) is 9.59 Å². The third-order valence-electron chi connectivity index (χ3n) is 8.20. The molecule has 42 heavy (non-hydrogen) atoms. The molecule has 1 aliphatic carbocycles. The van der Waals surface area contributed by atoms with Crippen LogP contribution in [0.5, 0.6) is 11.5 Å². The Morgan fingerprint density at radius 2 is 1.79 bits per heavy atom. The van der Waals surface area contributed by atoms with E-state index in [1.54, 1.807) is 30.5 Å². The van der Waals surface area contributed by atoms with Gasteiger partial charge in [0.25, 0.3) is 0 Å². The fourth-order valence-electron chi connectivity index (χ4n) is 6.25. The highest BCUT2D eigenvalue weighted by atomic mass is 16.6. The average Bonchev–Trinajstić information content (AvgIpc) is 2.92. The smallest absolute Gasteiger partial charge is 0.302 e. The second-order valence-corrected chi connectivity index (χ2v) is 11.4. The van der Waals surface area contributed by atoms with Gasteiger partial charge in [0.05, 0.1) is 7.11 Å². The van der Waals surface area contributed by atoms with E-state index < -0.39 is 24.1 Å². The van der Waals surface area contributed by atoms with Crippen LogP contribution < -0.4 is 10.5 Å². The molecule has 232 valence electrons. The van der Waals surface area contributed by atoms with E-state index in [4.69, 9.17) is 19.9 Å². The summed E-state index contributed by atoms with van der Waals surface area (Å²) in [6, 6.07) is 6.91. The number of hydrogen-bond donors (Lipinski definition) is 4. The van der Waals surface area contributed by atoms with E-state index in [1.807, 2.05) is 0 Å². The van der Waals surface area contributed by atoms with Gasteiger partial charge in [-0.05, 0) is 97.2 Å². The summed E-state index contributed by atoms with van der Waals surface area (Å²) in [5.41, 5.74) is 8.30. The molecule has 2 aromatic rings. The number of ether oxygens (including phenoxy) is 3. The minimum Gasteiger partial charge on any atom is -0.504 e. The molecular weight excluding hydrogens is 540 g/mol. The molecule has 10 heteroatoms. The maximum Gasteiger partial charge on any atom is 0.302 e. The number of carbonyl (C=O) groups excluding carboxylic acids is 2. The number of esters is 2. The number of hydrogen-bond acceptors (Lipinski definition) is 10. The second-order valence-electron chi connectivity index (χ2n) is 11.4. The van der Waals surface area contributed by atoms with E-state index in [0.717, 1.165) is 42.4 Å². The number of aliphatic hydroxyl groups is 2. The van der Waals surface area contributed by atoms with Gasteiger partial charge >= 0.3 is 11.9 Å². The predicted molar refractivity (Wildman–Crippen MR) is 159 cm³/mol. The maximum atomic E-state index is 12.3. The lowest BCUT2D eigenvalue weighted by Gasteiger charge is -2.35. The zero-order valence-electron chi connectivity index (χ0n) is 25.0. The fourth-order valence-corrected chi connectivity index (χ4v) is 6.25. The molecule has 0 saturated heterocycles. The first-order chi connectivity index (χ1) is 20.1. The molecule has 3 rings (SSSR count). The van der Waals surface area contributed by atoms with Crippen LogP contribution in [-0.2, 0) is 25.5 Å². The first kappa shape index (κ1) is 33.1. The Morgan fingerprint density at radius 3 is 2.43 bits per heavy atom. The summed E-state index contributed by atoms with van der Waals surface area (Å²) in [5, 5.41) is 30.2. The largest absolute Gasteiger partial charge is 0.504 e. The van der Waals surface area contributed by atoms with Crippen molar-refractivity contribution in [2.75, 3.05) is 26.1 Å². The summed E-state index contributed by atoms with van der Waals surface area (Å²) in [4.78, 5) is 28.5. The number of methoxy groups -OCH3 is 1. The van der Waals surface area contributed by atoms with Crippen molar-refractivity contribution < 1.29 is 39.1 Å². The number of aryl methyl sites for hydroxylation is 1. The van der Waals surface area contributed by atoms with Gasteiger partial charge in [0.15, 0.2) is 11.5 Å². The summed E-state index contributed by atoms with van der Waals surface area (Å²) in [7, 11) is 1.48. The fraction of sp³-hybridized carbons (Fsp3) is 0.594. The maximum absolute atomic E-state index is 12.3. The van der Waals surface area contributed by atoms with Crippen LogP contribution in [0.4, 0.5) is 5.82 Å². The van der Waals surface area contributed by atoms with Crippen LogP contribution in [0, 0.1) is 17.8 Å². The van der Waals surface area contributed by atoms with Gasteiger partial charge < -0.3 is 35.3 Å². The summed E-state index contributed by atoms with van der Waals surface area (Å²) in [6.45, 7) is 2.89. The Bertz CT molecular complexity index is 1170. The van der Waals surface area contributed by atoms with Crippen molar-refractivity contribution in [1.29, 1.82) is 0 Å². The van der Waals surface area contributed by atoms with Crippen molar-refractivity contribution >= 4 is 17.8 Å². The zero-order valence-corrected chi connectivity index (χ0v) is 25.0. The molecule has 0 bridgehead atoms. The highest BCUT2D eigenvalue weighted by molar-refractivity contribution is 5.72. The van der Waals surface area contributed by atoms with Gasteiger partial charge in [-0.2, -0.15) is 0 Å². The third kappa shape index (κ3) is 9.87. The van der Waals surface area contributed by atoms with Gasteiger partial charge in [0, 0.05) is 39.7 Å². The molecular formula is C32H46N2O8. The monoisotopic (exact) mass is 586 g/mol. The van der Waals surface area contributed by atoms with Crippen LogP contribution >= 0.6 is 0 Å². The Labute approximate surface area is 248 Å². The lowest BCUT2D eigenvalue weighted by molar-refractivity contribution is -0.156. The van der Waals surface area contributed by atoms with Crippen LogP contribution in [-0.4, -0.2) is 64.8 Å². The van der Waals surface area contributed by atoms with Crippen molar-refractivity contribution in [3.05, 3.63) is 36.0 Å². The minimum absolute atomic E-state index is 0.0155. The quantitative estimate of drug-likeness (QED) is 0.247. The van der Waals surface area contributed by atoms with Crippen LogP contribution in [0.15, 0.2) is 30.5 Å². The number of aliphatic hydroxyl groups excluding tert-OH is 2. The van der Waals surface area contributed by atoms with Gasteiger partial charge in [-0.25, -0.2) is 4.98 Å². The SMILES string of the molecule is COc1cc(CCC(CC(OC(C)=O)C2CC(CO)CCCC(CCO)C2)OC(C)=O)c(-c2ccnc(N)c2)cc1O. The standard InChI is InChI=1S/C32H46N2O8/c1-20(37)41-27(8-7-24-15-31(40-3)29(39)18-28(24)25-9-11-34-32(33)16-25)17-30(42-21(2)38)26-13-22(10-12-35)5-4-6-23(14-26)19-36/h9,11,15-16,18,22-23,26-27,30,35-36,39H,4-8,10,12-14,17,19H2,1-3H3,(H2,33,34). The van der Waals surface area contributed by atoms with Crippen LogP contribution in [0.25, 0.3) is 11.1 Å². The molecule has 0 aliphatic heterocycles. The number of anilines is 1. The van der Waals surface area contributed by atoms with E-state index in [0.29, 0.717) is 43.7 Å². The molecule has 1 saturated carbocycles. The van der Waals surface area contributed by atoms with E-state index in [9.17, 15) is 24.9 Å². The Kier molecular flexibility index (Phi) is 12.9. The van der Waals surface area contributed by atoms with Crippen molar-refractivity contribution in [2.45, 2.75) is 83.8 Å². The molecule has 0 radical (unpaired) electrons. The lowest BCUT2D eigenvalue weighted by atomic mass is 9.75. The molecule has 1 aromatic heterocycles. The van der Waals surface area contributed by atoms with Gasteiger partial charge in [0.2, 0.25) is 0 Å². The number of carbonyl (C=O) groups is 2. The molecule has 1 fully saturated rings. The van der Waals surface area contributed by atoms with Crippen molar-refractivity contribution in [3.63, 3.8) is 0 Å².